The third-order valence-electron chi connectivity index (χ3n) is 3.17. The molecule has 0 spiro atoms. The van der Waals surface area contributed by atoms with Gasteiger partial charge in [0.05, 0.1) is 17.5 Å². The summed E-state index contributed by atoms with van der Waals surface area (Å²) in [4.78, 5) is 24.2. The number of hydrogen-bond acceptors (Lipinski definition) is 4. The van der Waals surface area contributed by atoms with E-state index in [9.17, 15) is 14.7 Å². The van der Waals surface area contributed by atoms with Crippen LogP contribution in [-0.2, 0) is 11.3 Å². The van der Waals surface area contributed by atoms with Crippen molar-refractivity contribution in [3.63, 3.8) is 0 Å². The molecular formula is C14H22N2O3S. The van der Waals surface area contributed by atoms with Gasteiger partial charge in [-0.15, -0.1) is 11.3 Å². The molecule has 112 valence electrons. The van der Waals surface area contributed by atoms with Crippen molar-refractivity contribution in [1.82, 2.24) is 10.6 Å². The molecule has 0 aliphatic rings. The average molecular weight is 298 g/mol. The molecule has 1 aromatic rings. The summed E-state index contributed by atoms with van der Waals surface area (Å²) < 4.78 is 0. The molecule has 1 rings (SSSR count). The molecule has 5 nitrogen and oxygen atoms in total. The Morgan fingerprint density at radius 1 is 1.35 bits per heavy atom. The molecule has 3 N–H and O–H groups in total. The summed E-state index contributed by atoms with van der Waals surface area (Å²) in [7, 11) is 0. The van der Waals surface area contributed by atoms with E-state index < -0.39 is 6.10 Å². The second-order valence-electron chi connectivity index (χ2n) is 4.84. The van der Waals surface area contributed by atoms with E-state index in [2.05, 4.69) is 10.6 Å². The summed E-state index contributed by atoms with van der Waals surface area (Å²) in [6.45, 7) is 6.10. The monoisotopic (exact) mass is 298 g/mol. The normalized spacial score (nSPS) is 13.6. The van der Waals surface area contributed by atoms with Gasteiger partial charge in [0.2, 0.25) is 5.91 Å². The van der Waals surface area contributed by atoms with Gasteiger partial charge in [0.1, 0.15) is 0 Å². The van der Waals surface area contributed by atoms with Gasteiger partial charge in [0.15, 0.2) is 0 Å². The van der Waals surface area contributed by atoms with Crippen LogP contribution in [0.3, 0.4) is 0 Å². The average Bonchev–Trinajstić information content (AvgIpc) is 2.90. The fraction of sp³-hybridized carbons (Fsp3) is 0.571. The predicted molar refractivity (Wildman–Crippen MR) is 79.6 cm³/mol. The number of thiophene rings is 1. The molecule has 2 unspecified atom stereocenters. The van der Waals surface area contributed by atoms with E-state index in [1.807, 2.05) is 19.9 Å². The molecule has 0 aromatic carbocycles. The highest BCUT2D eigenvalue weighted by molar-refractivity contribution is 7.14. The first kappa shape index (κ1) is 16.7. The predicted octanol–water partition coefficient (Wildman–Crippen LogP) is 1.52. The number of nitrogens with one attached hydrogen (secondary N) is 2. The lowest BCUT2D eigenvalue weighted by molar-refractivity contribution is -0.119. The van der Waals surface area contributed by atoms with Crippen LogP contribution >= 0.6 is 11.3 Å². The van der Waals surface area contributed by atoms with E-state index in [-0.39, 0.29) is 24.3 Å². The van der Waals surface area contributed by atoms with E-state index in [4.69, 9.17) is 0 Å². The van der Waals surface area contributed by atoms with Crippen LogP contribution in [0.5, 0.6) is 0 Å². The summed E-state index contributed by atoms with van der Waals surface area (Å²) in [6.07, 6.45) is 0.347. The molecule has 6 heteroatoms. The Kier molecular flexibility index (Phi) is 6.67. The first-order valence-corrected chi connectivity index (χ1v) is 7.55. The summed E-state index contributed by atoms with van der Waals surface area (Å²) in [5, 5.41) is 15.2. The second kappa shape index (κ2) is 8.01. The van der Waals surface area contributed by atoms with Crippen LogP contribution in [-0.4, -0.2) is 29.6 Å². The van der Waals surface area contributed by atoms with E-state index in [1.165, 1.54) is 18.3 Å². The van der Waals surface area contributed by atoms with Gasteiger partial charge in [-0.2, -0.15) is 0 Å². The zero-order chi connectivity index (χ0) is 15.1. The van der Waals surface area contributed by atoms with Crippen molar-refractivity contribution in [2.24, 2.45) is 5.92 Å². The molecule has 1 aromatic heterocycles. The van der Waals surface area contributed by atoms with Gasteiger partial charge in [0, 0.05) is 18.3 Å². The maximum absolute atomic E-state index is 11.9. The topological polar surface area (TPSA) is 78.4 Å². The quantitative estimate of drug-likeness (QED) is 0.714. The van der Waals surface area contributed by atoms with Crippen LogP contribution in [0.4, 0.5) is 0 Å². The zero-order valence-corrected chi connectivity index (χ0v) is 12.9. The minimum absolute atomic E-state index is 0.0962. The minimum Gasteiger partial charge on any atom is -0.391 e. The summed E-state index contributed by atoms with van der Waals surface area (Å²) >= 11 is 1.34. The number of aliphatic hydroxyl groups excluding tert-OH is 1. The summed E-state index contributed by atoms with van der Waals surface area (Å²) in [5.74, 6) is -0.124. The first-order valence-electron chi connectivity index (χ1n) is 6.73. The molecule has 2 amide bonds. The third-order valence-corrected chi connectivity index (χ3v) is 4.25. The van der Waals surface area contributed by atoms with Gasteiger partial charge >= 0.3 is 0 Å². The lowest BCUT2D eigenvalue weighted by Gasteiger charge is -2.17. The number of rotatable bonds is 7. The number of aliphatic hydroxyl groups is 1. The Hall–Kier alpha value is -1.40. The Balaban J connectivity index is 2.45. The fourth-order valence-electron chi connectivity index (χ4n) is 1.56. The minimum atomic E-state index is -0.525. The van der Waals surface area contributed by atoms with Crippen LogP contribution in [0.25, 0.3) is 0 Å². The molecule has 2 atom stereocenters. The molecule has 0 aliphatic heterocycles. The van der Waals surface area contributed by atoms with Crippen LogP contribution in [0.15, 0.2) is 12.1 Å². The van der Waals surface area contributed by atoms with Crippen molar-refractivity contribution in [3.05, 3.63) is 21.9 Å². The molecule has 1 heterocycles. The highest BCUT2D eigenvalue weighted by Crippen LogP contribution is 2.16. The van der Waals surface area contributed by atoms with Gasteiger partial charge in [-0.05, 0) is 18.1 Å². The molecule has 20 heavy (non-hydrogen) atoms. The highest BCUT2D eigenvalue weighted by Gasteiger charge is 2.15. The molecule has 0 saturated heterocycles. The fourth-order valence-corrected chi connectivity index (χ4v) is 2.43. The van der Waals surface area contributed by atoms with Gasteiger partial charge in [0.25, 0.3) is 5.91 Å². The first-order chi connectivity index (χ1) is 9.43. The molecule has 0 fully saturated rings. The Morgan fingerprint density at radius 3 is 2.65 bits per heavy atom. The summed E-state index contributed by atoms with van der Waals surface area (Å²) in [6, 6.07) is 3.55. The smallest absolute Gasteiger partial charge is 0.261 e. The van der Waals surface area contributed by atoms with Crippen molar-refractivity contribution < 1.29 is 14.7 Å². The van der Waals surface area contributed by atoms with E-state index >= 15 is 0 Å². The number of carbonyl (C=O) groups is 2. The van der Waals surface area contributed by atoms with Crippen molar-refractivity contribution >= 4 is 23.2 Å². The largest absolute Gasteiger partial charge is 0.391 e. The van der Waals surface area contributed by atoms with Gasteiger partial charge in [-0.25, -0.2) is 0 Å². The Morgan fingerprint density at radius 2 is 2.05 bits per heavy atom. The van der Waals surface area contributed by atoms with E-state index in [1.54, 1.807) is 6.07 Å². The van der Waals surface area contributed by atoms with Gasteiger partial charge in [-0.3, -0.25) is 9.59 Å². The van der Waals surface area contributed by atoms with E-state index in [0.717, 1.165) is 11.3 Å². The molecule has 0 saturated carbocycles. The zero-order valence-electron chi connectivity index (χ0n) is 12.1. The lowest BCUT2D eigenvalue weighted by Crippen LogP contribution is -2.35. The highest BCUT2D eigenvalue weighted by atomic mass is 32.1. The third kappa shape index (κ3) is 5.30. The van der Waals surface area contributed by atoms with Crippen LogP contribution in [0, 0.1) is 5.92 Å². The summed E-state index contributed by atoms with van der Waals surface area (Å²) in [5.41, 5.74) is 0. The molecular weight excluding hydrogens is 276 g/mol. The van der Waals surface area contributed by atoms with Crippen molar-refractivity contribution in [1.29, 1.82) is 0 Å². The Labute approximate surface area is 123 Å². The number of amides is 2. The SMILES string of the molecule is CCC(C)C(O)CNC(=O)c1ccc(CNC(C)=O)s1. The molecule has 0 bridgehead atoms. The van der Waals surface area contributed by atoms with Crippen LogP contribution in [0.2, 0.25) is 0 Å². The Bertz CT molecular complexity index is 459. The second-order valence-corrected chi connectivity index (χ2v) is 6.01. The van der Waals surface area contributed by atoms with Crippen molar-refractivity contribution in [2.45, 2.75) is 39.8 Å². The molecule has 0 radical (unpaired) electrons. The van der Waals surface area contributed by atoms with E-state index in [0.29, 0.717) is 11.4 Å². The van der Waals surface area contributed by atoms with Crippen LogP contribution < -0.4 is 10.6 Å². The number of carbonyl (C=O) groups excluding carboxylic acids is 2. The van der Waals surface area contributed by atoms with Gasteiger partial charge in [-0.1, -0.05) is 20.3 Å². The van der Waals surface area contributed by atoms with Crippen molar-refractivity contribution in [2.75, 3.05) is 6.54 Å². The number of hydrogen-bond donors (Lipinski definition) is 3. The van der Waals surface area contributed by atoms with Gasteiger partial charge < -0.3 is 15.7 Å². The van der Waals surface area contributed by atoms with Crippen LogP contribution in [0.1, 0.15) is 41.7 Å². The lowest BCUT2D eigenvalue weighted by atomic mass is 10.0. The molecule has 0 aliphatic carbocycles. The standard InChI is InChI=1S/C14H22N2O3S/c1-4-9(2)12(18)8-16-14(19)13-6-5-11(20-13)7-15-10(3)17/h5-6,9,12,18H,4,7-8H2,1-3H3,(H,15,17)(H,16,19). The maximum atomic E-state index is 11.9. The van der Waals surface area contributed by atoms with Crippen molar-refractivity contribution in [3.8, 4) is 0 Å². The maximum Gasteiger partial charge on any atom is 0.261 e.